The van der Waals surface area contributed by atoms with Crippen LogP contribution in [0.2, 0.25) is 0 Å². The van der Waals surface area contributed by atoms with E-state index in [1.807, 2.05) is 6.07 Å². The molecule has 142 valence electrons. The number of benzene rings is 2. The number of nitrogen functional groups attached to an aromatic ring is 2. The molecule has 4 aromatic rings. The van der Waals surface area contributed by atoms with Gasteiger partial charge in [0.1, 0.15) is 23.0 Å². The zero-order chi connectivity index (χ0) is 20.9. The number of nitrogens with zero attached hydrogens (tertiary/aromatic N) is 6. The number of nitriles is 1. The molecular weight excluding hydrogens is 380 g/mol. The summed E-state index contributed by atoms with van der Waals surface area (Å²) in [6.45, 7) is 0. The Morgan fingerprint density at radius 2 is 1.52 bits per heavy atom. The Kier molecular flexibility index (Phi) is 3.72. The van der Waals surface area contributed by atoms with Crippen LogP contribution in [0.25, 0.3) is 27.9 Å². The molecule has 0 atom stereocenters. The average molecular weight is 390 g/mol. The molecule has 4 rings (SSSR count). The first-order valence-corrected chi connectivity index (χ1v) is 8.02. The molecule has 12 heteroatoms. The molecule has 0 aliphatic heterocycles. The average Bonchev–Trinajstić information content (AvgIpc) is 2.95. The van der Waals surface area contributed by atoms with E-state index < -0.39 is 21.2 Å². The van der Waals surface area contributed by atoms with E-state index in [4.69, 9.17) is 11.5 Å². The van der Waals surface area contributed by atoms with Crippen molar-refractivity contribution in [2.24, 2.45) is 0 Å². The van der Waals surface area contributed by atoms with Crippen LogP contribution in [0.1, 0.15) is 5.56 Å². The topological polar surface area (TPSA) is 193 Å². The molecule has 0 aliphatic carbocycles. The van der Waals surface area contributed by atoms with Crippen molar-refractivity contribution in [1.82, 2.24) is 14.5 Å². The van der Waals surface area contributed by atoms with Gasteiger partial charge >= 0.3 is 11.4 Å². The van der Waals surface area contributed by atoms with Gasteiger partial charge in [-0.15, -0.1) is 0 Å². The number of aromatic nitrogens is 3. The molecule has 12 nitrogen and oxygen atoms in total. The Morgan fingerprint density at radius 3 is 2.03 bits per heavy atom. The summed E-state index contributed by atoms with van der Waals surface area (Å²) >= 11 is 0. The maximum atomic E-state index is 11.2. The Bertz CT molecular complexity index is 1390. The van der Waals surface area contributed by atoms with Gasteiger partial charge in [0.05, 0.1) is 33.0 Å². The van der Waals surface area contributed by atoms with Crippen LogP contribution >= 0.6 is 0 Å². The molecule has 2 heterocycles. The number of rotatable bonds is 3. The van der Waals surface area contributed by atoms with E-state index in [1.54, 1.807) is 24.3 Å². The summed E-state index contributed by atoms with van der Waals surface area (Å²) in [5, 5.41) is 31.9. The van der Waals surface area contributed by atoms with E-state index in [2.05, 4.69) is 9.97 Å². The smallest absolute Gasteiger partial charge is 0.348 e. The van der Waals surface area contributed by atoms with E-state index in [1.165, 1.54) is 4.57 Å². The third-order valence-corrected chi connectivity index (χ3v) is 4.34. The van der Waals surface area contributed by atoms with Gasteiger partial charge in [0.25, 0.3) is 0 Å². The fourth-order valence-electron chi connectivity index (χ4n) is 3.03. The number of nitro groups is 2. The molecule has 0 unspecified atom stereocenters. The molecular formula is C17H10N8O4. The van der Waals surface area contributed by atoms with Crippen molar-refractivity contribution < 1.29 is 9.85 Å². The van der Waals surface area contributed by atoms with Crippen LogP contribution in [0, 0.1) is 31.6 Å². The van der Waals surface area contributed by atoms with Gasteiger partial charge in [0, 0.05) is 11.4 Å². The molecule has 0 saturated heterocycles. The van der Waals surface area contributed by atoms with Gasteiger partial charge in [-0.2, -0.15) is 5.26 Å². The molecule has 0 saturated carbocycles. The fraction of sp³-hybridized carbons (Fsp3) is 0. The molecule has 0 fully saturated rings. The second-order valence-corrected chi connectivity index (χ2v) is 6.04. The molecule has 0 radical (unpaired) electrons. The largest absolute Gasteiger partial charge is 0.399 e. The lowest BCUT2D eigenvalue weighted by molar-refractivity contribution is -0.422. The minimum Gasteiger partial charge on any atom is -0.399 e. The quantitative estimate of drug-likeness (QED) is 0.300. The highest BCUT2D eigenvalue weighted by Gasteiger charge is 2.27. The van der Waals surface area contributed by atoms with Crippen LogP contribution in [0.15, 0.2) is 36.4 Å². The predicted octanol–water partition coefficient (Wildman–Crippen LogP) is 2.43. The van der Waals surface area contributed by atoms with Crippen molar-refractivity contribution >= 4 is 45.1 Å². The molecule has 4 N–H and O–H groups in total. The highest BCUT2D eigenvalue weighted by atomic mass is 16.6. The van der Waals surface area contributed by atoms with Crippen molar-refractivity contribution in [3.63, 3.8) is 0 Å². The minimum absolute atomic E-state index is 0.0285. The van der Waals surface area contributed by atoms with Crippen LogP contribution in [0.4, 0.5) is 22.9 Å². The number of anilines is 2. The SMILES string of the molecule is N#Cc1c(N)n(-c2ccc(N)cc2)c2nc3cc([N+](=O)[O-])c([N+](=O)[O-])cc3nc12. The lowest BCUT2D eigenvalue weighted by Gasteiger charge is -2.08. The van der Waals surface area contributed by atoms with Crippen LogP contribution in [0.3, 0.4) is 0 Å². The first kappa shape index (κ1) is 17.6. The number of fused-ring (bicyclic) bond motifs is 2. The summed E-state index contributed by atoms with van der Waals surface area (Å²) in [5.41, 5.74) is 11.9. The first-order valence-electron chi connectivity index (χ1n) is 8.02. The summed E-state index contributed by atoms with van der Waals surface area (Å²) in [6.07, 6.45) is 0. The van der Waals surface area contributed by atoms with Crippen molar-refractivity contribution in [3.8, 4) is 11.8 Å². The predicted molar refractivity (Wildman–Crippen MR) is 103 cm³/mol. The Labute approximate surface area is 160 Å². The lowest BCUT2D eigenvalue weighted by Crippen LogP contribution is -2.02. The van der Waals surface area contributed by atoms with Gasteiger partial charge in [-0.05, 0) is 24.3 Å². The second-order valence-electron chi connectivity index (χ2n) is 6.04. The highest BCUT2D eigenvalue weighted by Crippen LogP contribution is 2.34. The Morgan fingerprint density at radius 1 is 0.966 bits per heavy atom. The maximum Gasteiger partial charge on any atom is 0.348 e. The van der Waals surface area contributed by atoms with Crippen LogP contribution in [-0.2, 0) is 0 Å². The van der Waals surface area contributed by atoms with Crippen molar-refractivity contribution in [2.75, 3.05) is 11.5 Å². The van der Waals surface area contributed by atoms with Crippen LogP contribution in [0.5, 0.6) is 0 Å². The Balaban J connectivity index is 2.12. The van der Waals surface area contributed by atoms with Gasteiger partial charge in [-0.1, -0.05) is 0 Å². The van der Waals surface area contributed by atoms with Crippen molar-refractivity contribution in [3.05, 3.63) is 62.2 Å². The van der Waals surface area contributed by atoms with Gasteiger partial charge in [0.2, 0.25) is 0 Å². The zero-order valence-corrected chi connectivity index (χ0v) is 14.4. The van der Waals surface area contributed by atoms with Gasteiger partial charge in [-0.3, -0.25) is 24.8 Å². The number of hydrogen-bond donors (Lipinski definition) is 2. The molecule has 0 spiro atoms. The van der Waals surface area contributed by atoms with Crippen LogP contribution in [-0.4, -0.2) is 24.4 Å². The Hall–Kier alpha value is -4.79. The minimum atomic E-state index is -0.872. The summed E-state index contributed by atoms with van der Waals surface area (Å²) < 4.78 is 1.47. The number of hydrogen-bond acceptors (Lipinski definition) is 9. The summed E-state index contributed by atoms with van der Waals surface area (Å²) in [5.74, 6) is 0.0616. The van der Waals surface area contributed by atoms with Gasteiger partial charge < -0.3 is 11.5 Å². The van der Waals surface area contributed by atoms with Gasteiger partial charge in [-0.25, -0.2) is 9.97 Å². The highest BCUT2D eigenvalue weighted by molar-refractivity contribution is 5.95. The van der Waals surface area contributed by atoms with Crippen LogP contribution < -0.4 is 11.5 Å². The summed E-state index contributed by atoms with van der Waals surface area (Å²) in [7, 11) is 0. The van der Waals surface area contributed by atoms with E-state index in [9.17, 15) is 25.5 Å². The zero-order valence-electron chi connectivity index (χ0n) is 14.4. The molecule has 0 aliphatic rings. The standard InChI is InChI=1S/C17H10N8O4/c18-7-10-15-17(23(16(10)20)9-3-1-8(19)2-4-9)22-12-6-14(25(28)29)13(24(26)27)5-11(12)21-15/h1-6H,19-20H2. The number of nitro benzene ring substituents is 2. The van der Waals surface area contributed by atoms with E-state index >= 15 is 0 Å². The number of nitrogens with two attached hydrogens (primary N) is 2. The summed E-state index contributed by atoms with van der Waals surface area (Å²) in [4.78, 5) is 29.3. The van der Waals surface area contributed by atoms with Crippen molar-refractivity contribution in [2.45, 2.75) is 0 Å². The summed E-state index contributed by atoms with van der Waals surface area (Å²) in [6, 6.07) is 10.5. The normalized spacial score (nSPS) is 10.9. The monoisotopic (exact) mass is 390 g/mol. The maximum absolute atomic E-state index is 11.2. The van der Waals surface area contributed by atoms with E-state index in [0.717, 1.165) is 12.1 Å². The van der Waals surface area contributed by atoms with E-state index in [0.29, 0.717) is 11.4 Å². The fourth-order valence-corrected chi connectivity index (χ4v) is 3.03. The molecule has 2 aromatic heterocycles. The van der Waals surface area contributed by atoms with E-state index in [-0.39, 0.29) is 33.6 Å². The molecule has 29 heavy (non-hydrogen) atoms. The van der Waals surface area contributed by atoms with Gasteiger partial charge in [0.15, 0.2) is 5.65 Å². The third-order valence-electron chi connectivity index (χ3n) is 4.34. The molecule has 2 aromatic carbocycles. The molecule has 0 amide bonds. The first-order chi connectivity index (χ1) is 13.8. The van der Waals surface area contributed by atoms with Crippen molar-refractivity contribution in [1.29, 1.82) is 5.26 Å². The third kappa shape index (κ3) is 2.61. The second kappa shape index (κ2) is 6.13. The lowest BCUT2D eigenvalue weighted by atomic mass is 10.2. The molecule has 0 bridgehead atoms.